The van der Waals surface area contributed by atoms with Gasteiger partial charge in [-0.2, -0.15) is 0 Å². The van der Waals surface area contributed by atoms with Gasteiger partial charge >= 0.3 is 5.97 Å². The third-order valence-electron chi connectivity index (χ3n) is 3.68. The molecule has 0 spiro atoms. The van der Waals surface area contributed by atoms with Crippen LogP contribution in [0, 0.1) is 0 Å². The lowest BCUT2D eigenvalue weighted by Gasteiger charge is -1.95. The molecule has 0 saturated heterocycles. The summed E-state index contributed by atoms with van der Waals surface area (Å²) >= 11 is 0. The first-order chi connectivity index (χ1) is 13.4. The molecule has 0 aliphatic carbocycles. The molecule has 10 nitrogen and oxygen atoms in total. The number of anilines is 2. The van der Waals surface area contributed by atoms with E-state index in [9.17, 15) is 9.59 Å². The molecule has 6 N–H and O–H groups in total. The number of hydrogen-bond acceptors (Lipinski definition) is 7. The Bertz CT molecular complexity index is 1160. The molecule has 0 radical (unpaired) electrons. The fraction of sp³-hybridized carbons (Fsp3) is 0.111. The van der Waals surface area contributed by atoms with Crippen molar-refractivity contribution >= 4 is 34.5 Å². The minimum absolute atomic E-state index is 0.241. The summed E-state index contributed by atoms with van der Waals surface area (Å²) in [5.74, 6) is -0.956. The van der Waals surface area contributed by atoms with Crippen LogP contribution in [0.25, 0.3) is 11.3 Å². The molecule has 10 heteroatoms. The highest BCUT2D eigenvalue weighted by Gasteiger charge is 2.11. The van der Waals surface area contributed by atoms with Crippen LogP contribution in [0.2, 0.25) is 0 Å². The van der Waals surface area contributed by atoms with Crippen LogP contribution in [0.5, 0.6) is 0 Å². The van der Waals surface area contributed by atoms with Crippen molar-refractivity contribution in [3.63, 3.8) is 0 Å². The van der Waals surface area contributed by atoms with Crippen molar-refractivity contribution in [2.75, 3.05) is 18.1 Å². The van der Waals surface area contributed by atoms with Gasteiger partial charge in [0.15, 0.2) is 5.69 Å². The number of aromatic nitrogens is 4. The molecule has 0 aliphatic heterocycles. The summed E-state index contributed by atoms with van der Waals surface area (Å²) < 4.78 is 8.20. The van der Waals surface area contributed by atoms with Crippen LogP contribution < -0.4 is 17.2 Å². The van der Waals surface area contributed by atoms with Crippen molar-refractivity contribution in [3.05, 3.63) is 60.4 Å². The van der Waals surface area contributed by atoms with Crippen molar-refractivity contribution in [2.24, 2.45) is 5.73 Å². The fourth-order valence-corrected chi connectivity index (χ4v) is 2.44. The molecule has 4 aromatic rings. The lowest BCUT2D eigenvalue weighted by molar-refractivity contribution is 0.0520. The van der Waals surface area contributed by atoms with E-state index in [1.165, 1.54) is 0 Å². The van der Waals surface area contributed by atoms with Crippen molar-refractivity contribution in [1.29, 1.82) is 0 Å². The lowest BCUT2D eigenvalue weighted by Crippen LogP contribution is -2.10. The predicted molar refractivity (Wildman–Crippen MR) is 104 cm³/mol. The van der Waals surface area contributed by atoms with Gasteiger partial charge in [0.25, 0.3) is 5.91 Å². The Balaban J connectivity index is 0.000000162. The Kier molecular flexibility index (Phi) is 5.12. The van der Waals surface area contributed by atoms with E-state index < -0.39 is 11.9 Å². The maximum absolute atomic E-state index is 11.4. The Morgan fingerprint density at radius 3 is 1.89 bits per heavy atom. The standard InChI is InChI=1S/C10H11N3O2.C8H8N4O/c1-2-15-10(14)8-6-13-5-7(11)3-4-9(13)12-8;9-5-1-2-7-11-6(8(10)13)4-12(7)3-5/h3-6H,2,11H2,1H3;1-4H,9H2,(H2,10,13). The zero-order valence-corrected chi connectivity index (χ0v) is 15.1. The number of primary amides is 1. The molecule has 4 heterocycles. The number of imidazole rings is 2. The maximum Gasteiger partial charge on any atom is 0.358 e. The predicted octanol–water partition coefficient (Wildman–Crippen LogP) is 1.11. The van der Waals surface area contributed by atoms with Crippen LogP contribution in [0.1, 0.15) is 27.9 Å². The molecule has 0 atom stereocenters. The van der Waals surface area contributed by atoms with E-state index in [1.807, 2.05) is 0 Å². The summed E-state index contributed by atoms with van der Waals surface area (Å²) in [6, 6.07) is 6.92. The van der Waals surface area contributed by atoms with Gasteiger partial charge in [0.1, 0.15) is 17.0 Å². The number of rotatable bonds is 3. The van der Waals surface area contributed by atoms with Gasteiger partial charge in [-0.3, -0.25) is 4.79 Å². The molecule has 0 fully saturated rings. The highest BCUT2D eigenvalue weighted by molar-refractivity contribution is 5.91. The summed E-state index contributed by atoms with van der Waals surface area (Å²) in [5, 5.41) is 0. The molecule has 0 bridgehead atoms. The zero-order chi connectivity index (χ0) is 20.3. The maximum atomic E-state index is 11.4. The van der Waals surface area contributed by atoms with Crippen LogP contribution >= 0.6 is 0 Å². The number of carbonyl (C=O) groups is 2. The monoisotopic (exact) mass is 381 g/mol. The van der Waals surface area contributed by atoms with Crippen molar-refractivity contribution in [1.82, 2.24) is 18.8 Å². The number of carbonyl (C=O) groups excluding carboxylic acids is 2. The number of fused-ring (bicyclic) bond motifs is 2. The number of esters is 1. The Hall–Kier alpha value is -4.08. The first-order valence-corrected chi connectivity index (χ1v) is 8.32. The van der Waals surface area contributed by atoms with Gasteiger partial charge in [0, 0.05) is 36.2 Å². The second kappa shape index (κ2) is 7.66. The van der Waals surface area contributed by atoms with Crippen LogP contribution in [0.3, 0.4) is 0 Å². The van der Waals surface area contributed by atoms with Crippen LogP contribution in [-0.4, -0.2) is 37.3 Å². The second-order valence-electron chi connectivity index (χ2n) is 5.79. The SMILES string of the molecule is CCOC(=O)c1cn2cc(N)ccc2n1.NC(=O)c1cn2cc(N)ccc2n1. The number of amides is 1. The molecule has 0 unspecified atom stereocenters. The molecule has 4 aromatic heterocycles. The van der Waals surface area contributed by atoms with Crippen molar-refractivity contribution in [2.45, 2.75) is 6.92 Å². The quantitative estimate of drug-likeness (QED) is 0.449. The molecule has 0 aliphatic rings. The van der Waals surface area contributed by atoms with Gasteiger partial charge in [0.05, 0.1) is 6.61 Å². The molecule has 0 saturated carbocycles. The molecule has 1 amide bonds. The number of nitrogens with two attached hydrogens (primary N) is 3. The molecule has 28 heavy (non-hydrogen) atoms. The Morgan fingerprint density at radius 2 is 1.39 bits per heavy atom. The number of hydrogen-bond donors (Lipinski definition) is 3. The molecule has 4 rings (SSSR count). The first-order valence-electron chi connectivity index (χ1n) is 8.32. The average Bonchev–Trinajstić information content (AvgIpc) is 3.25. The smallest absolute Gasteiger partial charge is 0.358 e. The van der Waals surface area contributed by atoms with E-state index in [4.69, 9.17) is 21.9 Å². The topological polar surface area (TPSA) is 156 Å². The van der Waals surface area contributed by atoms with Gasteiger partial charge < -0.3 is 30.7 Å². The minimum atomic E-state index is -0.540. The first kappa shape index (κ1) is 18.7. The van der Waals surface area contributed by atoms with Gasteiger partial charge in [-0.15, -0.1) is 0 Å². The fourth-order valence-electron chi connectivity index (χ4n) is 2.44. The lowest BCUT2D eigenvalue weighted by atomic mass is 10.4. The third kappa shape index (κ3) is 4.01. The summed E-state index contributed by atoms with van der Waals surface area (Å²) in [6.07, 6.45) is 6.53. The third-order valence-corrected chi connectivity index (χ3v) is 3.68. The van der Waals surface area contributed by atoms with Crippen LogP contribution in [0.15, 0.2) is 49.1 Å². The van der Waals surface area contributed by atoms with Gasteiger partial charge in [-0.05, 0) is 31.2 Å². The van der Waals surface area contributed by atoms with E-state index in [1.54, 1.807) is 64.8 Å². The van der Waals surface area contributed by atoms with E-state index in [0.29, 0.717) is 35.0 Å². The number of nitrogens with zero attached hydrogens (tertiary/aromatic N) is 4. The highest BCUT2D eigenvalue weighted by atomic mass is 16.5. The highest BCUT2D eigenvalue weighted by Crippen LogP contribution is 2.10. The normalized spacial score (nSPS) is 10.5. The van der Waals surface area contributed by atoms with Gasteiger partial charge in [-0.1, -0.05) is 0 Å². The van der Waals surface area contributed by atoms with E-state index in [0.717, 1.165) is 0 Å². The number of pyridine rings is 2. The van der Waals surface area contributed by atoms with Gasteiger partial charge in [-0.25, -0.2) is 14.8 Å². The second-order valence-corrected chi connectivity index (χ2v) is 5.79. The van der Waals surface area contributed by atoms with Crippen molar-refractivity contribution < 1.29 is 14.3 Å². The van der Waals surface area contributed by atoms with Crippen LogP contribution in [-0.2, 0) is 4.74 Å². The number of ether oxygens (including phenoxy) is 1. The molecular formula is C18H19N7O3. The van der Waals surface area contributed by atoms with Gasteiger partial charge in [0.2, 0.25) is 0 Å². The molecular weight excluding hydrogens is 362 g/mol. The number of nitrogen functional groups attached to an aromatic ring is 2. The zero-order valence-electron chi connectivity index (χ0n) is 15.1. The van der Waals surface area contributed by atoms with E-state index in [-0.39, 0.29) is 5.69 Å². The summed E-state index contributed by atoms with van der Waals surface area (Å²) in [5.41, 5.74) is 19.3. The van der Waals surface area contributed by atoms with E-state index >= 15 is 0 Å². The summed E-state index contributed by atoms with van der Waals surface area (Å²) in [4.78, 5) is 30.2. The van der Waals surface area contributed by atoms with Crippen LogP contribution in [0.4, 0.5) is 11.4 Å². The largest absolute Gasteiger partial charge is 0.461 e. The summed E-state index contributed by atoms with van der Waals surface area (Å²) in [7, 11) is 0. The Labute approximate surface area is 159 Å². The van der Waals surface area contributed by atoms with Crippen molar-refractivity contribution in [3.8, 4) is 0 Å². The minimum Gasteiger partial charge on any atom is -0.461 e. The van der Waals surface area contributed by atoms with E-state index in [2.05, 4.69) is 9.97 Å². The Morgan fingerprint density at radius 1 is 0.893 bits per heavy atom. The molecule has 0 aromatic carbocycles. The molecule has 144 valence electrons. The summed E-state index contributed by atoms with van der Waals surface area (Å²) in [6.45, 7) is 2.10. The average molecular weight is 381 g/mol.